The molecule has 0 saturated carbocycles. The number of likely N-dealkylation sites (N-methyl/N-ethyl adjacent to an activating group) is 1. The molecule has 0 aliphatic carbocycles. The van der Waals surface area contributed by atoms with Crippen LogP contribution in [0.3, 0.4) is 0 Å². The van der Waals surface area contributed by atoms with Crippen LogP contribution in [-0.2, 0) is 6.54 Å². The average molecular weight is 302 g/mol. The topological polar surface area (TPSA) is 37.3 Å². The van der Waals surface area contributed by atoms with E-state index in [1.807, 2.05) is 37.8 Å². The van der Waals surface area contributed by atoms with Gasteiger partial charge in [-0.2, -0.15) is 0 Å². The largest absolute Gasteiger partial charge is 0.349 e. The molecular weight excluding hydrogens is 282 g/mol. The molecule has 1 aromatic heterocycles. The van der Waals surface area contributed by atoms with E-state index in [2.05, 4.69) is 33.1 Å². The van der Waals surface area contributed by atoms with Gasteiger partial charge < -0.3 is 14.8 Å². The first-order chi connectivity index (χ1) is 7.95. The van der Waals surface area contributed by atoms with Crippen LogP contribution in [-0.4, -0.2) is 42.1 Å². The quantitative estimate of drug-likeness (QED) is 0.902. The molecule has 1 aromatic rings. The van der Waals surface area contributed by atoms with E-state index in [0.29, 0.717) is 18.3 Å². The lowest BCUT2D eigenvalue weighted by molar-refractivity contribution is 0.0934. The summed E-state index contributed by atoms with van der Waals surface area (Å²) in [7, 11) is 4.00. The third kappa shape index (κ3) is 3.85. The van der Waals surface area contributed by atoms with E-state index in [4.69, 9.17) is 0 Å². The van der Waals surface area contributed by atoms with E-state index in [9.17, 15) is 4.79 Å². The highest BCUT2D eigenvalue weighted by Crippen LogP contribution is 2.14. The van der Waals surface area contributed by atoms with Crippen molar-refractivity contribution in [3.05, 3.63) is 22.4 Å². The number of rotatable bonds is 5. The van der Waals surface area contributed by atoms with E-state index in [-0.39, 0.29) is 5.91 Å². The first kappa shape index (κ1) is 14.3. The summed E-state index contributed by atoms with van der Waals surface area (Å²) in [6.45, 7) is 5.54. The number of aromatic nitrogens is 1. The number of hydrogen-bond acceptors (Lipinski definition) is 2. The smallest absolute Gasteiger partial charge is 0.267 e. The standard InChI is InChI=1S/C12H20BrN3O/c1-5-16-8-10(13)6-11(16)12(17)14-7-9(2)15(3)4/h6,8-9H,5,7H2,1-4H3,(H,14,17)/t9-/m1/s1. The molecule has 0 fully saturated rings. The lowest BCUT2D eigenvalue weighted by Crippen LogP contribution is -2.38. The molecule has 0 spiro atoms. The van der Waals surface area contributed by atoms with Crippen molar-refractivity contribution in [3.8, 4) is 0 Å². The molecule has 1 atom stereocenters. The van der Waals surface area contributed by atoms with Gasteiger partial charge in [0.25, 0.3) is 5.91 Å². The van der Waals surface area contributed by atoms with Gasteiger partial charge in [-0.1, -0.05) is 0 Å². The Kier molecular flexibility index (Phi) is 5.21. The zero-order valence-electron chi connectivity index (χ0n) is 10.8. The summed E-state index contributed by atoms with van der Waals surface area (Å²) >= 11 is 3.39. The third-order valence-electron chi connectivity index (χ3n) is 2.88. The third-order valence-corrected chi connectivity index (χ3v) is 3.31. The van der Waals surface area contributed by atoms with E-state index in [1.54, 1.807) is 0 Å². The Bertz CT molecular complexity index is 387. The molecule has 1 amide bonds. The number of amides is 1. The highest BCUT2D eigenvalue weighted by atomic mass is 79.9. The second-order valence-electron chi connectivity index (χ2n) is 4.35. The lowest BCUT2D eigenvalue weighted by atomic mass is 10.3. The van der Waals surface area contributed by atoms with Crippen molar-refractivity contribution < 1.29 is 4.79 Å². The van der Waals surface area contributed by atoms with Crippen LogP contribution in [0, 0.1) is 0 Å². The van der Waals surface area contributed by atoms with Crippen LogP contribution < -0.4 is 5.32 Å². The van der Waals surface area contributed by atoms with Gasteiger partial charge in [-0.05, 0) is 49.9 Å². The van der Waals surface area contributed by atoms with Crippen molar-refractivity contribution in [2.45, 2.75) is 26.4 Å². The van der Waals surface area contributed by atoms with Gasteiger partial charge in [0.05, 0.1) is 0 Å². The Hall–Kier alpha value is -0.810. The Morgan fingerprint density at radius 2 is 2.24 bits per heavy atom. The maximum Gasteiger partial charge on any atom is 0.267 e. The van der Waals surface area contributed by atoms with Gasteiger partial charge in [-0.3, -0.25) is 4.79 Å². The van der Waals surface area contributed by atoms with Crippen LogP contribution in [0.1, 0.15) is 24.3 Å². The fourth-order valence-corrected chi connectivity index (χ4v) is 1.90. The summed E-state index contributed by atoms with van der Waals surface area (Å²) in [4.78, 5) is 14.1. The Balaban J connectivity index is 2.63. The SMILES string of the molecule is CCn1cc(Br)cc1C(=O)NC[C@@H](C)N(C)C. The van der Waals surface area contributed by atoms with Crippen LogP contribution in [0.15, 0.2) is 16.7 Å². The average Bonchev–Trinajstić information content (AvgIpc) is 2.66. The van der Waals surface area contributed by atoms with E-state index in [1.165, 1.54) is 0 Å². The van der Waals surface area contributed by atoms with Gasteiger partial charge >= 0.3 is 0 Å². The van der Waals surface area contributed by atoms with E-state index in [0.717, 1.165) is 11.0 Å². The molecule has 1 N–H and O–H groups in total. The molecular formula is C12H20BrN3O. The van der Waals surface area contributed by atoms with Crippen LogP contribution in [0.2, 0.25) is 0 Å². The molecule has 0 bridgehead atoms. The Morgan fingerprint density at radius 3 is 2.76 bits per heavy atom. The zero-order chi connectivity index (χ0) is 13.0. The molecule has 1 heterocycles. The normalized spacial score (nSPS) is 12.8. The van der Waals surface area contributed by atoms with Crippen LogP contribution in [0.25, 0.3) is 0 Å². The number of nitrogens with zero attached hydrogens (tertiary/aromatic N) is 2. The molecule has 0 saturated heterocycles. The molecule has 5 heteroatoms. The molecule has 96 valence electrons. The zero-order valence-corrected chi connectivity index (χ0v) is 12.4. The first-order valence-corrected chi connectivity index (χ1v) is 6.55. The molecule has 17 heavy (non-hydrogen) atoms. The number of nitrogens with one attached hydrogen (secondary N) is 1. The maximum absolute atomic E-state index is 12.0. The van der Waals surface area contributed by atoms with Crippen molar-refractivity contribution in [2.24, 2.45) is 0 Å². The highest BCUT2D eigenvalue weighted by molar-refractivity contribution is 9.10. The molecule has 0 aliphatic rings. The summed E-state index contributed by atoms with van der Waals surface area (Å²) in [5.74, 6) is -0.0220. The van der Waals surface area contributed by atoms with E-state index >= 15 is 0 Å². The molecule has 1 rings (SSSR count). The Morgan fingerprint density at radius 1 is 1.59 bits per heavy atom. The molecule has 0 unspecified atom stereocenters. The first-order valence-electron chi connectivity index (χ1n) is 5.76. The summed E-state index contributed by atoms with van der Waals surface area (Å²) < 4.78 is 2.87. The van der Waals surface area contributed by atoms with Crippen LogP contribution >= 0.6 is 15.9 Å². The highest BCUT2D eigenvalue weighted by Gasteiger charge is 2.13. The van der Waals surface area contributed by atoms with Crippen molar-refractivity contribution in [1.82, 2.24) is 14.8 Å². The number of carbonyl (C=O) groups excluding carboxylic acids is 1. The van der Waals surface area contributed by atoms with Gasteiger partial charge in [0, 0.05) is 29.8 Å². The summed E-state index contributed by atoms with van der Waals surface area (Å²) in [5.41, 5.74) is 0.699. The molecule has 0 aliphatic heterocycles. The summed E-state index contributed by atoms with van der Waals surface area (Å²) in [5, 5.41) is 2.95. The summed E-state index contributed by atoms with van der Waals surface area (Å²) in [6, 6.07) is 2.17. The minimum atomic E-state index is -0.0220. The fraction of sp³-hybridized carbons (Fsp3) is 0.583. The number of halogens is 1. The van der Waals surface area contributed by atoms with Crippen molar-refractivity contribution in [3.63, 3.8) is 0 Å². The predicted octanol–water partition coefficient (Wildman–Crippen LogP) is 1.95. The molecule has 0 aromatic carbocycles. The number of aryl methyl sites for hydroxylation is 1. The predicted molar refractivity (Wildman–Crippen MR) is 73.3 cm³/mol. The van der Waals surface area contributed by atoms with Crippen LogP contribution in [0.4, 0.5) is 0 Å². The molecule has 4 nitrogen and oxygen atoms in total. The van der Waals surface area contributed by atoms with Gasteiger partial charge in [0.1, 0.15) is 5.69 Å². The van der Waals surface area contributed by atoms with Crippen molar-refractivity contribution in [2.75, 3.05) is 20.6 Å². The number of hydrogen-bond donors (Lipinski definition) is 1. The van der Waals surface area contributed by atoms with Gasteiger partial charge in [-0.15, -0.1) is 0 Å². The number of carbonyl (C=O) groups is 1. The fourth-order valence-electron chi connectivity index (χ4n) is 1.44. The monoisotopic (exact) mass is 301 g/mol. The Labute approximate surface area is 111 Å². The minimum absolute atomic E-state index is 0.0220. The van der Waals surface area contributed by atoms with Crippen LogP contribution in [0.5, 0.6) is 0 Å². The van der Waals surface area contributed by atoms with Gasteiger partial charge in [0.2, 0.25) is 0 Å². The summed E-state index contributed by atoms with van der Waals surface area (Å²) in [6.07, 6.45) is 1.92. The van der Waals surface area contributed by atoms with E-state index < -0.39 is 0 Å². The second kappa shape index (κ2) is 6.21. The minimum Gasteiger partial charge on any atom is -0.349 e. The lowest BCUT2D eigenvalue weighted by Gasteiger charge is -2.20. The van der Waals surface area contributed by atoms with Gasteiger partial charge in [0.15, 0.2) is 0 Å². The maximum atomic E-state index is 12.0. The van der Waals surface area contributed by atoms with Crippen molar-refractivity contribution in [1.29, 1.82) is 0 Å². The molecule has 0 radical (unpaired) electrons. The van der Waals surface area contributed by atoms with Gasteiger partial charge in [-0.25, -0.2) is 0 Å². The second-order valence-corrected chi connectivity index (χ2v) is 5.27. The van der Waals surface area contributed by atoms with Crippen molar-refractivity contribution >= 4 is 21.8 Å².